The molecule has 0 aliphatic rings. The molecule has 0 aliphatic carbocycles. The Hall–Kier alpha value is -1.36. The maximum Gasteiger partial charge on any atom is 0.268 e. The minimum absolute atomic E-state index is 0.0267. The van der Waals surface area contributed by atoms with E-state index in [1.807, 2.05) is 7.05 Å². The van der Waals surface area contributed by atoms with Crippen LogP contribution in [-0.2, 0) is 6.54 Å². The van der Waals surface area contributed by atoms with Crippen molar-refractivity contribution in [3.8, 4) is 0 Å². The highest BCUT2D eigenvalue weighted by Gasteiger charge is 2.08. The third kappa shape index (κ3) is 5.74. The molecule has 1 aromatic heterocycles. The molecule has 0 saturated heterocycles. The van der Waals surface area contributed by atoms with E-state index in [9.17, 15) is 4.79 Å². The first-order valence-corrected chi connectivity index (χ1v) is 7.37. The minimum atomic E-state index is -0.0267. The number of rotatable bonds is 7. The second-order valence-corrected chi connectivity index (χ2v) is 6.23. The van der Waals surface area contributed by atoms with Gasteiger partial charge in [-0.3, -0.25) is 4.79 Å². The maximum absolute atomic E-state index is 12.0. The van der Waals surface area contributed by atoms with E-state index in [1.165, 1.54) is 4.68 Å². The van der Waals surface area contributed by atoms with Crippen LogP contribution in [-0.4, -0.2) is 35.5 Å². The molecule has 0 amide bonds. The van der Waals surface area contributed by atoms with Gasteiger partial charge in [-0.1, -0.05) is 6.92 Å². The van der Waals surface area contributed by atoms with E-state index in [0.29, 0.717) is 6.54 Å². The van der Waals surface area contributed by atoms with Gasteiger partial charge in [0.25, 0.3) is 5.56 Å². The average molecular weight is 280 g/mol. The van der Waals surface area contributed by atoms with Crippen molar-refractivity contribution < 1.29 is 0 Å². The predicted molar refractivity (Wildman–Crippen MR) is 84.4 cm³/mol. The SMILES string of the molecule is CCCN(C)c1cnn(CCCNC(C)(C)C)c(=O)c1. The van der Waals surface area contributed by atoms with Crippen LogP contribution >= 0.6 is 0 Å². The highest BCUT2D eigenvalue weighted by Crippen LogP contribution is 2.07. The van der Waals surface area contributed by atoms with Gasteiger partial charge in [0.1, 0.15) is 0 Å². The van der Waals surface area contributed by atoms with Crippen LogP contribution in [0.4, 0.5) is 5.69 Å². The highest BCUT2D eigenvalue weighted by molar-refractivity contribution is 5.41. The van der Waals surface area contributed by atoms with Crippen molar-refractivity contribution in [2.75, 3.05) is 25.0 Å². The van der Waals surface area contributed by atoms with E-state index in [2.05, 4.69) is 43.0 Å². The van der Waals surface area contributed by atoms with Crippen LogP contribution in [0.3, 0.4) is 0 Å². The van der Waals surface area contributed by atoms with E-state index < -0.39 is 0 Å². The summed E-state index contributed by atoms with van der Waals surface area (Å²) < 4.78 is 1.54. The van der Waals surface area contributed by atoms with Crippen LogP contribution in [0.25, 0.3) is 0 Å². The molecule has 1 N–H and O–H groups in total. The average Bonchev–Trinajstić information content (AvgIpc) is 2.35. The lowest BCUT2D eigenvalue weighted by atomic mass is 10.1. The van der Waals surface area contributed by atoms with Crippen molar-refractivity contribution >= 4 is 5.69 Å². The normalized spacial score (nSPS) is 11.7. The van der Waals surface area contributed by atoms with Gasteiger partial charge in [-0.2, -0.15) is 5.10 Å². The van der Waals surface area contributed by atoms with Crippen molar-refractivity contribution in [3.63, 3.8) is 0 Å². The van der Waals surface area contributed by atoms with Gasteiger partial charge >= 0.3 is 0 Å². The fraction of sp³-hybridized carbons (Fsp3) is 0.733. The molecule has 0 spiro atoms. The topological polar surface area (TPSA) is 50.2 Å². The standard InChI is InChI=1S/C15H28N4O/c1-6-9-18(5)13-11-14(20)19(17-12-13)10-7-8-16-15(2,3)4/h11-12,16H,6-10H2,1-5H3. The van der Waals surface area contributed by atoms with Gasteiger partial charge in [-0.05, 0) is 40.2 Å². The Morgan fingerprint density at radius 1 is 1.40 bits per heavy atom. The van der Waals surface area contributed by atoms with Gasteiger partial charge in [-0.25, -0.2) is 4.68 Å². The second-order valence-electron chi connectivity index (χ2n) is 6.23. The first-order chi connectivity index (χ1) is 9.33. The van der Waals surface area contributed by atoms with Crippen molar-refractivity contribution in [2.45, 2.75) is 52.6 Å². The monoisotopic (exact) mass is 280 g/mol. The number of anilines is 1. The largest absolute Gasteiger partial charge is 0.373 e. The van der Waals surface area contributed by atoms with Crippen LogP contribution < -0.4 is 15.8 Å². The fourth-order valence-corrected chi connectivity index (χ4v) is 1.96. The Morgan fingerprint density at radius 3 is 2.65 bits per heavy atom. The number of aryl methyl sites for hydroxylation is 1. The molecule has 1 aromatic rings. The molecule has 5 heteroatoms. The van der Waals surface area contributed by atoms with Crippen LogP contribution in [0.15, 0.2) is 17.1 Å². The van der Waals surface area contributed by atoms with E-state index in [1.54, 1.807) is 12.3 Å². The predicted octanol–water partition coefficient (Wildman–Crippen LogP) is 1.87. The summed E-state index contributed by atoms with van der Waals surface area (Å²) in [5.74, 6) is 0. The molecule has 20 heavy (non-hydrogen) atoms. The maximum atomic E-state index is 12.0. The summed E-state index contributed by atoms with van der Waals surface area (Å²) in [6.45, 7) is 11.0. The van der Waals surface area contributed by atoms with Gasteiger partial charge in [-0.15, -0.1) is 0 Å². The molecule has 1 rings (SSSR count). The molecular formula is C15H28N4O. The van der Waals surface area contributed by atoms with Crippen molar-refractivity contribution in [1.82, 2.24) is 15.1 Å². The molecule has 0 bridgehead atoms. The number of aromatic nitrogens is 2. The first kappa shape index (κ1) is 16.7. The smallest absolute Gasteiger partial charge is 0.268 e. The zero-order valence-electron chi connectivity index (χ0n) is 13.4. The van der Waals surface area contributed by atoms with Gasteiger partial charge < -0.3 is 10.2 Å². The Morgan fingerprint density at radius 2 is 2.10 bits per heavy atom. The molecule has 0 aromatic carbocycles. The lowest BCUT2D eigenvalue weighted by molar-refractivity contribution is 0.406. The lowest BCUT2D eigenvalue weighted by Crippen LogP contribution is -2.37. The summed E-state index contributed by atoms with van der Waals surface area (Å²) in [7, 11) is 1.98. The fourth-order valence-electron chi connectivity index (χ4n) is 1.96. The first-order valence-electron chi connectivity index (χ1n) is 7.37. The highest BCUT2D eigenvalue weighted by atomic mass is 16.1. The molecule has 1 heterocycles. The Labute approximate surface area is 122 Å². The van der Waals surface area contributed by atoms with Gasteiger partial charge in [0.2, 0.25) is 0 Å². The molecule has 5 nitrogen and oxygen atoms in total. The third-order valence-electron chi connectivity index (χ3n) is 3.06. The van der Waals surface area contributed by atoms with E-state index in [0.717, 1.165) is 31.6 Å². The number of hydrogen-bond donors (Lipinski definition) is 1. The Bertz CT molecular complexity index is 462. The zero-order valence-corrected chi connectivity index (χ0v) is 13.4. The van der Waals surface area contributed by atoms with Crippen molar-refractivity contribution in [3.05, 3.63) is 22.6 Å². The molecule has 0 aliphatic heterocycles. The van der Waals surface area contributed by atoms with Gasteiger partial charge in [0.05, 0.1) is 11.9 Å². The molecule has 0 fully saturated rings. The molecule has 114 valence electrons. The summed E-state index contributed by atoms with van der Waals surface area (Å²) in [6.07, 6.45) is 3.72. The third-order valence-corrected chi connectivity index (χ3v) is 3.06. The van der Waals surface area contributed by atoms with E-state index >= 15 is 0 Å². The molecule has 0 unspecified atom stereocenters. The van der Waals surface area contributed by atoms with Crippen LogP contribution in [0, 0.1) is 0 Å². The molecule has 0 radical (unpaired) electrons. The van der Waals surface area contributed by atoms with Crippen LogP contribution in [0.2, 0.25) is 0 Å². The van der Waals surface area contributed by atoms with Gasteiger partial charge in [0, 0.05) is 31.7 Å². The summed E-state index contributed by atoms with van der Waals surface area (Å²) >= 11 is 0. The molecule has 0 saturated carbocycles. The van der Waals surface area contributed by atoms with Crippen molar-refractivity contribution in [1.29, 1.82) is 0 Å². The van der Waals surface area contributed by atoms with E-state index in [-0.39, 0.29) is 11.1 Å². The number of nitrogens with zero attached hydrogens (tertiary/aromatic N) is 3. The summed E-state index contributed by atoms with van der Waals surface area (Å²) in [5, 5.41) is 7.66. The summed E-state index contributed by atoms with van der Waals surface area (Å²) in [6, 6.07) is 1.67. The zero-order chi connectivity index (χ0) is 15.2. The lowest BCUT2D eigenvalue weighted by Gasteiger charge is -2.20. The summed E-state index contributed by atoms with van der Waals surface area (Å²) in [5.41, 5.74) is 0.979. The Balaban J connectivity index is 2.54. The van der Waals surface area contributed by atoms with E-state index in [4.69, 9.17) is 0 Å². The minimum Gasteiger partial charge on any atom is -0.373 e. The summed E-state index contributed by atoms with van der Waals surface area (Å²) in [4.78, 5) is 14.0. The van der Waals surface area contributed by atoms with Crippen LogP contribution in [0.1, 0.15) is 40.5 Å². The van der Waals surface area contributed by atoms with Crippen LogP contribution in [0.5, 0.6) is 0 Å². The second kappa shape index (κ2) is 7.43. The molecular weight excluding hydrogens is 252 g/mol. The van der Waals surface area contributed by atoms with Crippen molar-refractivity contribution in [2.24, 2.45) is 0 Å². The quantitative estimate of drug-likeness (QED) is 0.775. The number of hydrogen-bond acceptors (Lipinski definition) is 4. The Kier molecular flexibility index (Phi) is 6.20. The molecule has 0 atom stereocenters. The van der Waals surface area contributed by atoms with Gasteiger partial charge in [0.15, 0.2) is 0 Å². The number of nitrogens with one attached hydrogen (secondary N) is 1.